The number of carbonyl (C=O) groups is 2. The molecule has 0 aromatic heterocycles. The van der Waals surface area contributed by atoms with Gasteiger partial charge in [-0.05, 0) is 48.9 Å². The fraction of sp³-hybridized carbons (Fsp3) is 0.692. The minimum Gasteiger partial charge on any atom is -0.465 e. The maximum atomic E-state index is 12.4. The SMILES string of the molecule is CCCCCCCCc1c(C(=O)OC)ccc(C(=O)OC)c1CCCCCCCC. The third-order valence-corrected chi connectivity index (χ3v) is 5.80. The first-order chi connectivity index (χ1) is 14.6. The second-order valence-electron chi connectivity index (χ2n) is 8.14. The normalized spacial score (nSPS) is 10.8. The van der Waals surface area contributed by atoms with Crippen LogP contribution in [0.5, 0.6) is 0 Å². The molecule has 0 aliphatic heterocycles. The van der Waals surface area contributed by atoms with Gasteiger partial charge in [0.15, 0.2) is 0 Å². The molecule has 0 unspecified atom stereocenters. The van der Waals surface area contributed by atoms with Crippen molar-refractivity contribution in [3.05, 3.63) is 34.4 Å². The molecule has 0 bridgehead atoms. The lowest BCUT2D eigenvalue weighted by molar-refractivity contribution is 0.0584. The highest BCUT2D eigenvalue weighted by Crippen LogP contribution is 2.26. The van der Waals surface area contributed by atoms with Gasteiger partial charge < -0.3 is 9.47 Å². The van der Waals surface area contributed by atoms with Gasteiger partial charge in [0.25, 0.3) is 0 Å². The third-order valence-electron chi connectivity index (χ3n) is 5.80. The van der Waals surface area contributed by atoms with Crippen LogP contribution < -0.4 is 0 Å². The van der Waals surface area contributed by atoms with E-state index < -0.39 is 0 Å². The van der Waals surface area contributed by atoms with Crippen LogP contribution >= 0.6 is 0 Å². The first-order valence-electron chi connectivity index (χ1n) is 11.9. The Hall–Kier alpha value is -1.84. The highest BCUT2D eigenvalue weighted by atomic mass is 16.5. The molecule has 0 spiro atoms. The standard InChI is InChI=1S/C26H42O4/c1-5-7-9-11-13-15-17-21-22(18-16-14-12-10-8-6-2)24(26(28)30-4)20-19-23(21)25(27)29-3/h19-20H,5-18H2,1-4H3. The number of hydrogen-bond donors (Lipinski definition) is 0. The average Bonchev–Trinajstić information content (AvgIpc) is 2.77. The average molecular weight is 419 g/mol. The number of unbranched alkanes of at least 4 members (excludes halogenated alkanes) is 10. The van der Waals surface area contributed by atoms with Gasteiger partial charge in [0.2, 0.25) is 0 Å². The van der Waals surface area contributed by atoms with Crippen LogP contribution in [-0.4, -0.2) is 26.2 Å². The van der Waals surface area contributed by atoms with E-state index in [1.165, 1.54) is 65.6 Å². The molecule has 0 saturated carbocycles. The first-order valence-corrected chi connectivity index (χ1v) is 11.9. The van der Waals surface area contributed by atoms with Crippen molar-refractivity contribution in [1.29, 1.82) is 0 Å². The minimum absolute atomic E-state index is 0.323. The van der Waals surface area contributed by atoms with Crippen LogP contribution in [-0.2, 0) is 22.3 Å². The van der Waals surface area contributed by atoms with Gasteiger partial charge in [-0.2, -0.15) is 0 Å². The Labute approximate surface area is 183 Å². The molecule has 0 fully saturated rings. The molecule has 0 saturated heterocycles. The molecule has 4 nitrogen and oxygen atoms in total. The number of benzene rings is 1. The lowest BCUT2D eigenvalue weighted by Crippen LogP contribution is -2.14. The summed E-state index contributed by atoms with van der Waals surface area (Å²) in [5, 5.41) is 0. The van der Waals surface area contributed by atoms with Gasteiger partial charge in [-0.25, -0.2) is 9.59 Å². The van der Waals surface area contributed by atoms with Gasteiger partial charge in [-0.15, -0.1) is 0 Å². The fourth-order valence-corrected chi connectivity index (χ4v) is 4.03. The van der Waals surface area contributed by atoms with Crippen molar-refractivity contribution in [2.75, 3.05) is 14.2 Å². The Bertz CT molecular complexity index is 581. The van der Waals surface area contributed by atoms with Gasteiger partial charge in [0, 0.05) is 0 Å². The number of rotatable bonds is 16. The Morgan fingerprint density at radius 1 is 0.600 bits per heavy atom. The van der Waals surface area contributed by atoms with Crippen molar-refractivity contribution < 1.29 is 19.1 Å². The van der Waals surface area contributed by atoms with E-state index in [2.05, 4.69) is 13.8 Å². The zero-order chi connectivity index (χ0) is 22.2. The fourth-order valence-electron chi connectivity index (χ4n) is 4.03. The Morgan fingerprint density at radius 3 is 1.27 bits per heavy atom. The van der Waals surface area contributed by atoms with E-state index in [-0.39, 0.29) is 11.9 Å². The van der Waals surface area contributed by atoms with Crippen LogP contribution in [0.3, 0.4) is 0 Å². The van der Waals surface area contributed by atoms with Gasteiger partial charge in [-0.1, -0.05) is 78.1 Å². The van der Waals surface area contributed by atoms with E-state index in [1.807, 2.05) is 0 Å². The minimum atomic E-state index is -0.323. The number of ether oxygens (including phenoxy) is 2. The molecular formula is C26H42O4. The summed E-state index contributed by atoms with van der Waals surface area (Å²) in [6.07, 6.45) is 15.9. The molecule has 0 atom stereocenters. The van der Waals surface area contributed by atoms with Crippen LogP contribution in [0.15, 0.2) is 12.1 Å². The summed E-state index contributed by atoms with van der Waals surface area (Å²) in [7, 11) is 2.83. The zero-order valence-corrected chi connectivity index (χ0v) is 19.7. The molecule has 4 heteroatoms. The van der Waals surface area contributed by atoms with Crippen molar-refractivity contribution in [1.82, 2.24) is 0 Å². The summed E-state index contributed by atoms with van der Waals surface area (Å²) in [5.74, 6) is -0.645. The number of esters is 2. The molecule has 0 N–H and O–H groups in total. The van der Waals surface area contributed by atoms with E-state index in [9.17, 15) is 9.59 Å². The van der Waals surface area contributed by atoms with Crippen LogP contribution in [0, 0.1) is 0 Å². The van der Waals surface area contributed by atoms with Gasteiger partial charge >= 0.3 is 11.9 Å². The first kappa shape index (κ1) is 26.2. The lowest BCUT2D eigenvalue weighted by atomic mass is 9.88. The van der Waals surface area contributed by atoms with Crippen molar-refractivity contribution >= 4 is 11.9 Å². The third kappa shape index (κ3) is 8.89. The molecule has 1 rings (SSSR count). The molecular weight excluding hydrogens is 376 g/mol. The predicted molar refractivity (Wildman–Crippen MR) is 123 cm³/mol. The van der Waals surface area contributed by atoms with Gasteiger partial charge in [-0.3, -0.25) is 0 Å². The zero-order valence-electron chi connectivity index (χ0n) is 19.7. The molecule has 0 amide bonds. The van der Waals surface area contributed by atoms with Gasteiger partial charge in [0.1, 0.15) is 0 Å². The van der Waals surface area contributed by atoms with Crippen molar-refractivity contribution in [3.63, 3.8) is 0 Å². The maximum absolute atomic E-state index is 12.4. The van der Waals surface area contributed by atoms with Crippen molar-refractivity contribution in [3.8, 4) is 0 Å². The van der Waals surface area contributed by atoms with Crippen molar-refractivity contribution in [2.24, 2.45) is 0 Å². The van der Waals surface area contributed by atoms with Crippen LogP contribution in [0.4, 0.5) is 0 Å². The largest absolute Gasteiger partial charge is 0.465 e. The smallest absolute Gasteiger partial charge is 0.338 e. The van der Waals surface area contributed by atoms with Crippen molar-refractivity contribution in [2.45, 2.75) is 104 Å². The quantitative estimate of drug-likeness (QED) is 0.213. The molecule has 1 aromatic carbocycles. The van der Waals surface area contributed by atoms with Crippen LogP contribution in [0.25, 0.3) is 0 Å². The van der Waals surface area contributed by atoms with Gasteiger partial charge in [0.05, 0.1) is 25.3 Å². The predicted octanol–water partition coefficient (Wildman–Crippen LogP) is 7.07. The van der Waals surface area contributed by atoms with Crippen LogP contribution in [0.1, 0.15) is 123 Å². The summed E-state index contributed by atoms with van der Waals surface area (Å²) in [6, 6.07) is 3.46. The Morgan fingerprint density at radius 2 is 0.933 bits per heavy atom. The number of carbonyl (C=O) groups excluding carboxylic acids is 2. The summed E-state index contributed by atoms with van der Waals surface area (Å²) < 4.78 is 10.1. The molecule has 0 heterocycles. The molecule has 0 aliphatic carbocycles. The van der Waals surface area contributed by atoms with E-state index in [1.54, 1.807) is 12.1 Å². The second-order valence-corrected chi connectivity index (χ2v) is 8.14. The number of hydrogen-bond acceptors (Lipinski definition) is 4. The second kappa shape index (κ2) is 15.9. The highest BCUT2D eigenvalue weighted by Gasteiger charge is 2.21. The monoisotopic (exact) mass is 418 g/mol. The van der Waals surface area contributed by atoms with E-state index in [0.29, 0.717) is 11.1 Å². The maximum Gasteiger partial charge on any atom is 0.338 e. The lowest BCUT2D eigenvalue weighted by Gasteiger charge is -2.17. The molecule has 30 heavy (non-hydrogen) atoms. The van der Waals surface area contributed by atoms with E-state index in [0.717, 1.165) is 49.7 Å². The van der Waals surface area contributed by atoms with Crippen LogP contribution in [0.2, 0.25) is 0 Å². The van der Waals surface area contributed by atoms with E-state index >= 15 is 0 Å². The highest BCUT2D eigenvalue weighted by molar-refractivity contribution is 5.96. The summed E-state index contributed by atoms with van der Waals surface area (Å²) >= 11 is 0. The molecule has 0 radical (unpaired) electrons. The Kier molecular flexibility index (Phi) is 13.9. The molecule has 0 aliphatic rings. The summed E-state index contributed by atoms with van der Waals surface area (Å²) in [4.78, 5) is 24.8. The topological polar surface area (TPSA) is 52.6 Å². The molecule has 170 valence electrons. The van der Waals surface area contributed by atoms with E-state index in [4.69, 9.17) is 9.47 Å². The summed E-state index contributed by atoms with van der Waals surface area (Å²) in [5.41, 5.74) is 3.15. The molecule has 1 aromatic rings. The summed E-state index contributed by atoms with van der Waals surface area (Å²) in [6.45, 7) is 4.44. The number of methoxy groups -OCH3 is 2. The Balaban J connectivity index is 3.02.